The molecule has 1 aliphatic rings. The molecule has 0 saturated carbocycles. The maximum atomic E-state index is 10.3. The molecule has 0 bridgehead atoms. The van der Waals surface area contributed by atoms with Crippen LogP contribution >= 0.6 is 11.3 Å². The van der Waals surface area contributed by atoms with Crippen molar-refractivity contribution in [3.63, 3.8) is 0 Å². The van der Waals surface area contributed by atoms with Crippen molar-refractivity contribution >= 4 is 22.5 Å². The van der Waals surface area contributed by atoms with E-state index in [1.165, 1.54) is 17.4 Å². The van der Waals surface area contributed by atoms with E-state index >= 15 is 0 Å². The largest absolute Gasteiger partial charge is 0.378 e. The van der Waals surface area contributed by atoms with Crippen molar-refractivity contribution in [1.29, 1.82) is 0 Å². The Kier molecular flexibility index (Phi) is 3.70. The molecular weight excluding hydrogens is 242 g/mol. The van der Waals surface area contributed by atoms with E-state index < -0.39 is 4.92 Å². The van der Waals surface area contributed by atoms with Crippen LogP contribution in [0.2, 0.25) is 0 Å². The Balaban J connectivity index is 2.14. The number of anilines is 1. The van der Waals surface area contributed by atoms with Gasteiger partial charge in [-0.3, -0.25) is 10.1 Å². The van der Waals surface area contributed by atoms with Crippen molar-refractivity contribution in [3.05, 3.63) is 26.9 Å². The van der Waals surface area contributed by atoms with Crippen LogP contribution in [-0.4, -0.2) is 36.2 Å². The molecule has 2 heterocycles. The van der Waals surface area contributed by atoms with Crippen LogP contribution in [0.4, 0.5) is 5.13 Å². The number of aromatic nitrogens is 1. The molecule has 0 atom stereocenters. The third kappa shape index (κ3) is 3.01. The number of thiazole rings is 1. The average molecular weight is 255 g/mol. The van der Waals surface area contributed by atoms with Gasteiger partial charge in [-0.1, -0.05) is 11.3 Å². The Morgan fingerprint density at radius 1 is 1.53 bits per heavy atom. The summed E-state index contributed by atoms with van der Waals surface area (Å²) >= 11 is 1.48. The zero-order valence-electron chi connectivity index (χ0n) is 9.46. The van der Waals surface area contributed by atoms with Gasteiger partial charge in [0.1, 0.15) is 0 Å². The topological polar surface area (TPSA) is 68.5 Å². The fraction of sp³-hybridized carbons (Fsp3) is 0.500. The van der Waals surface area contributed by atoms with Crippen LogP contribution in [0.1, 0.15) is 10.6 Å². The summed E-state index contributed by atoms with van der Waals surface area (Å²) in [5, 5.41) is 11.2. The Morgan fingerprint density at radius 2 is 2.24 bits per heavy atom. The highest BCUT2D eigenvalue weighted by molar-refractivity contribution is 7.16. The minimum absolute atomic E-state index is 0.465. The maximum Gasteiger partial charge on any atom is 0.235 e. The van der Waals surface area contributed by atoms with Gasteiger partial charge in [-0.2, -0.15) is 0 Å². The molecule has 0 N–H and O–H groups in total. The average Bonchev–Trinajstić information content (AvgIpc) is 2.69. The first-order valence-corrected chi connectivity index (χ1v) is 6.10. The fourth-order valence-electron chi connectivity index (χ4n) is 1.57. The second kappa shape index (κ2) is 5.24. The number of rotatable bonds is 3. The minimum Gasteiger partial charge on any atom is -0.378 e. The highest BCUT2D eigenvalue weighted by Gasteiger charge is 2.16. The maximum absolute atomic E-state index is 10.3. The van der Waals surface area contributed by atoms with Crippen LogP contribution < -0.4 is 4.90 Å². The number of hydrogen-bond donors (Lipinski definition) is 0. The van der Waals surface area contributed by atoms with Gasteiger partial charge in [-0.25, -0.2) is 4.98 Å². The first-order chi connectivity index (χ1) is 8.16. The van der Waals surface area contributed by atoms with E-state index in [0.717, 1.165) is 35.0 Å². The Hall–Kier alpha value is -1.47. The normalized spacial score (nSPS) is 16.6. The lowest BCUT2D eigenvalue weighted by Gasteiger charge is -2.25. The summed E-state index contributed by atoms with van der Waals surface area (Å²) in [5.74, 6) is 0. The molecule has 7 heteroatoms. The lowest BCUT2D eigenvalue weighted by Crippen LogP contribution is -2.36. The molecule has 0 radical (unpaired) electrons. The number of aryl methyl sites for hydroxylation is 1. The summed E-state index contributed by atoms with van der Waals surface area (Å²) in [6.07, 6.45) is 2.44. The molecule has 0 spiro atoms. The number of ether oxygens (including phenoxy) is 1. The SMILES string of the molecule is Cc1nc(N2CCOCC2)sc1/C=C/[N+](=O)[O-]. The van der Waals surface area contributed by atoms with Gasteiger partial charge in [0, 0.05) is 19.2 Å². The van der Waals surface area contributed by atoms with E-state index in [1.807, 2.05) is 6.92 Å². The van der Waals surface area contributed by atoms with Crippen LogP contribution in [0, 0.1) is 17.0 Å². The number of nitrogens with zero attached hydrogens (tertiary/aromatic N) is 3. The molecule has 92 valence electrons. The summed E-state index contributed by atoms with van der Waals surface area (Å²) in [6.45, 7) is 4.92. The molecule has 17 heavy (non-hydrogen) atoms. The molecule has 0 aliphatic carbocycles. The van der Waals surface area contributed by atoms with Gasteiger partial charge in [0.05, 0.1) is 28.7 Å². The third-order valence-corrected chi connectivity index (χ3v) is 3.63. The van der Waals surface area contributed by atoms with Crippen LogP contribution in [0.15, 0.2) is 6.20 Å². The number of hydrogen-bond acceptors (Lipinski definition) is 6. The molecular formula is C10H13N3O3S. The van der Waals surface area contributed by atoms with Crippen LogP contribution in [0.25, 0.3) is 6.08 Å². The predicted octanol–water partition coefficient (Wildman–Crippen LogP) is 1.54. The van der Waals surface area contributed by atoms with E-state index in [2.05, 4.69) is 9.88 Å². The van der Waals surface area contributed by atoms with Gasteiger partial charge in [-0.15, -0.1) is 0 Å². The summed E-state index contributed by atoms with van der Waals surface area (Å²) in [6, 6.07) is 0. The van der Waals surface area contributed by atoms with Crippen molar-refractivity contribution in [2.45, 2.75) is 6.92 Å². The third-order valence-electron chi connectivity index (χ3n) is 2.45. The van der Waals surface area contributed by atoms with Gasteiger partial charge in [-0.05, 0) is 6.92 Å². The Labute approximate surface area is 103 Å². The lowest BCUT2D eigenvalue weighted by molar-refractivity contribution is -0.400. The van der Waals surface area contributed by atoms with E-state index in [4.69, 9.17) is 4.74 Å². The molecule has 6 nitrogen and oxygen atoms in total. The fourth-order valence-corrected chi connectivity index (χ4v) is 2.58. The molecule has 1 aromatic rings. The summed E-state index contributed by atoms with van der Waals surface area (Å²) in [7, 11) is 0. The van der Waals surface area contributed by atoms with E-state index in [9.17, 15) is 10.1 Å². The minimum atomic E-state index is -0.465. The quantitative estimate of drug-likeness (QED) is 0.605. The van der Waals surface area contributed by atoms with Crippen LogP contribution in [-0.2, 0) is 4.74 Å². The van der Waals surface area contributed by atoms with Crippen molar-refractivity contribution in [3.8, 4) is 0 Å². The van der Waals surface area contributed by atoms with Crippen molar-refractivity contribution < 1.29 is 9.66 Å². The number of morpholine rings is 1. The van der Waals surface area contributed by atoms with Crippen LogP contribution in [0.3, 0.4) is 0 Å². The van der Waals surface area contributed by atoms with Gasteiger partial charge in [0.2, 0.25) is 6.20 Å². The van der Waals surface area contributed by atoms with Crippen molar-refractivity contribution in [2.24, 2.45) is 0 Å². The zero-order valence-corrected chi connectivity index (χ0v) is 10.3. The van der Waals surface area contributed by atoms with Gasteiger partial charge >= 0.3 is 0 Å². The smallest absolute Gasteiger partial charge is 0.235 e. The van der Waals surface area contributed by atoms with E-state index in [1.54, 1.807) is 0 Å². The highest BCUT2D eigenvalue weighted by Crippen LogP contribution is 2.27. The first kappa shape index (κ1) is 12.0. The monoisotopic (exact) mass is 255 g/mol. The Morgan fingerprint density at radius 3 is 2.88 bits per heavy atom. The lowest BCUT2D eigenvalue weighted by atomic mass is 10.4. The molecule has 1 aromatic heterocycles. The second-order valence-corrected chi connectivity index (χ2v) is 4.66. The molecule has 2 rings (SSSR count). The summed E-state index contributed by atoms with van der Waals surface area (Å²) in [5.41, 5.74) is 0.828. The van der Waals surface area contributed by atoms with Crippen molar-refractivity contribution in [2.75, 3.05) is 31.2 Å². The van der Waals surface area contributed by atoms with Crippen LogP contribution in [0.5, 0.6) is 0 Å². The predicted molar refractivity (Wildman–Crippen MR) is 65.9 cm³/mol. The zero-order chi connectivity index (χ0) is 12.3. The van der Waals surface area contributed by atoms with Gasteiger partial charge < -0.3 is 9.64 Å². The molecule has 1 fully saturated rings. The first-order valence-electron chi connectivity index (χ1n) is 5.28. The molecule has 0 aromatic carbocycles. The van der Waals surface area contributed by atoms with Crippen molar-refractivity contribution in [1.82, 2.24) is 4.98 Å². The summed E-state index contributed by atoms with van der Waals surface area (Å²) in [4.78, 5) is 17.2. The highest BCUT2D eigenvalue weighted by atomic mass is 32.1. The van der Waals surface area contributed by atoms with Gasteiger partial charge in [0.15, 0.2) is 5.13 Å². The van der Waals surface area contributed by atoms with E-state index in [-0.39, 0.29) is 0 Å². The van der Waals surface area contributed by atoms with Gasteiger partial charge in [0.25, 0.3) is 0 Å². The molecule has 0 amide bonds. The molecule has 1 aliphatic heterocycles. The second-order valence-electron chi connectivity index (χ2n) is 3.65. The molecule has 1 saturated heterocycles. The molecule has 0 unspecified atom stereocenters. The van der Waals surface area contributed by atoms with E-state index in [0.29, 0.717) is 13.2 Å². The number of nitro groups is 1. The Bertz CT molecular complexity index is 438. The standard InChI is InChI=1S/C10H13N3O3S/c1-8-9(2-3-13(14)15)17-10(11-8)12-4-6-16-7-5-12/h2-3H,4-7H2,1H3/b3-2+. The summed E-state index contributed by atoms with van der Waals surface area (Å²) < 4.78 is 5.27.